The van der Waals surface area contributed by atoms with Gasteiger partial charge in [-0.05, 0) is 24.3 Å². The minimum Gasteiger partial charge on any atom is -0.507 e. The largest absolute Gasteiger partial charge is 0.507 e. The molecule has 0 radical (unpaired) electrons. The molecule has 0 heterocycles. The Kier molecular flexibility index (Phi) is 2.74. The highest BCUT2D eigenvalue weighted by molar-refractivity contribution is 6.42. The number of phenolic OH excluding ortho intramolecular Hbond substituents is 4. The van der Waals surface area contributed by atoms with Crippen LogP contribution in [0.4, 0.5) is 0 Å². The smallest absolute Gasteiger partial charge is 0.136 e. The summed E-state index contributed by atoms with van der Waals surface area (Å²) >= 11 is 12.0. The Bertz CT molecular complexity index is 734. The number of halogens is 2. The average molecular weight is 311 g/mol. The van der Waals surface area contributed by atoms with E-state index in [1.54, 1.807) is 0 Å². The monoisotopic (exact) mass is 310 g/mol. The molecule has 0 amide bonds. The SMILES string of the molecule is Oc1ccc(O)c2c(O)c3c(Cl)ccc(Cl)c3c(O)c12. The highest BCUT2D eigenvalue weighted by Gasteiger charge is 2.21. The highest BCUT2D eigenvalue weighted by atomic mass is 35.5. The van der Waals surface area contributed by atoms with Crippen molar-refractivity contribution < 1.29 is 20.4 Å². The van der Waals surface area contributed by atoms with Gasteiger partial charge in [-0.15, -0.1) is 0 Å². The molecule has 3 rings (SSSR count). The third-order valence-electron chi connectivity index (χ3n) is 3.21. The van der Waals surface area contributed by atoms with Gasteiger partial charge in [-0.3, -0.25) is 0 Å². The minimum atomic E-state index is -0.353. The van der Waals surface area contributed by atoms with Crippen LogP contribution in [0.5, 0.6) is 23.0 Å². The number of hydrogen-bond acceptors (Lipinski definition) is 4. The molecule has 4 nitrogen and oxygen atoms in total. The first kappa shape index (κ1) is 13.0. The molecule has 0 saturated heterocycles. The summed E-state index contributed by atoms with van der Waals surface area (Å²) in [7, 11) is 0. The molecule has 0 fully saturated rings. The lowest BCUT2D eigenvalue weighted by Gasteiger charge is -2.13. The van der Waals surface area contributed by atoms with Crippen LogP contribution in [-0.2, 0) is 0 Å². The van der Waals surface area contributed by atoms with E-state index in [9.17, 15) is 20.4 Å². The van der Waals surface area contributed by atoms with Crippen LogP contribution in [-0.4, -0.2) is 20.4 Å². The van der Waals surface area contributed by atoms with Gasteiger partial charge in [-0.1, -0.05) is 23.2 Å². The first-order chi connectivity index (χ1) is 9.43. The summed E-state index contributed by atoms with van der Waals surface area (Å²) in [5.74, 6) is -1.28. The van der Waals surface area contributed by atoms with E-state index < -0.39 is 0 Å². The van der Waals surface area contributed by atoms with Crippen molar-refractivity contribution in [1.82, 2.24) is 0 Å². The second-order valence-corrected chi connectivity index (χ2v) is 5.14. The van der Waals surface area contributed by atoms with Crippen molar-refractivity contribution in [3.05, 3.63) is 34.3 Å². The van der Waals surface area contributed by atoms with Gasteiger partial charge in [0.15, 0.2) is 0 Å². The normalized spacial score (nSPS) is 11.3. The van der Waals surface area contributed by atoms with Crippen molar-refractivity contribution in [1.29, 1.82) is 0 Å². The van der Waals surface area contributed by atoms with Crippen LogP contribution in [0.1, 0.15) is 0 Å². The van der Waals surface area contributed by atoms with Crippen LogP contribution >= 0.6 is 23.2 Å². The molecule has 6 heteroatoms. The number of fused-ring (bicyclic) bond motifs is 2. The third-order valence-corrected chi connectivity index (χ3v) is 3.84. The maximum absolute atomic E-state index is 10.3. The fraction of sp³-hybridized carbons (Fsp3) is 0. The van der Waals surface area contributed by atoms with Crippen LogP contribution in [0.25, 0.3) is 21.5 Å². The van der Waals surface area contributed by atoms with E-state index in [2.05, 4.69) is 0 Å². The summed E-state index contributed by atoms with van der Waals surface area (Å²) in [5, 5.41) is 40.8. The molecular weight excluding hydrogens is 303 g/mol. The van der Waals surface area contributed by atoms with Gasteiger partial charge in [0.1, 0.15) is 23.0 Å². The van der Waals surface area contributed by atoms with E-state index in [0.29, 0.717) is 0 Å². The molecular formula is C14H8Cl2O4. The average Bonchev–Trinajstić information content (AvgIpc) is 2.41. The van der Waals surface area contributed by atoms with Gasteiger partial charge in [-0.2, -0.15) is 0 Å². The predicted octanol–water partition coefficient (Wildman–Crippen LogP) is 4.12. The van der Waals surface area contributed by atoms with Gasteiger partial charge in [0.2, 0.25) is 0 Å². The summed E-state index contributed by atoms with van der Waals surface area (Å²) in [6, 6.07) is 5.36. The molecule has 4 N–H and O–H groups in total. The van der Waals surface area contributed by atoms with Crippen molar-refractivity contribution in [2.45, 2.75) is 0 Å². The van der Waals surface area contributed by atoms with Crippen molar-refractivity contribution >= 4 is 44.7 Å². The lowest BCUT2D eigenvalue weighted by molar-refractivity contribution is 0.451. The molecule has 0 saturated carbocycles. The topological polar surface area (TPSA) is 80.9 Å². The molecule has 3 aromatic rings. The summed E-state index contributed by atoms with van der Waals surface area (Å²) < 4.78 is 0. The lowest BCUT2D eigenvalue weighted by Crippen LogP contribution is -1.85. The van der Waals surface area contributed by atoms with Crippen molar-refractivity contribution in [2.24, 2.45) is 0 Å². The van der Waals surface area contributed by atoms with Crippen LogP contribution in [0.15, 0.2) is 24.3 Å². The molecule has 0 spiro atoms. The Morgan fingerprint density at radius 3 is 1.25 bits per heavy atom. The molecule has 0 bridgehead atoms. The Morgan fingerprint density at radius 2 is 0.900 bits per heavy atom. The lowest BCUT2D eigenvalue weighted by atomic mass is 9.99. The molecule has 0 atom stereocenters. The van der Waals surface area contributed by atoms with E-state index in [1.165, 1.54) is 24.3 Å². The van der Waals surface area contributed by atoms with Crippen molar-refractivity contribution in [3.8, 4) is 23.0 Å². The van der Waals surface area contributed by atoms with E-state index in [4.69, 9.17) is 23.2 Å². The molecule has 0 unspecified atom stereocenters. The van der Waals surface area contributed by atoms with Crippen LogP contribution in [0.2, 0.25) is 10.0 Å². The van der Waals surface area contributed by atoms with Gasteiger partial charge < -0.3 is 20.4 Å². The van der Waals surface area contributed by atoms with Crippen LogP contribution in [0, 0.1) is 0 Å². The van der Waals surface area contributed by atoms with Gasteiger partial charge in [-0.25, -0.2) is 0 Å². The Hall–Kier alpha value is -2.04. The Balaban J connectivity index is 2.77. The fourth-order valence-corrected chi connectivity index (χ4v) is 2.82. The Labute approximate surface area is 123 Å². The molecule has 0 aliphatic heterocycles. The minimum absolute atomic E-state index is 0.0841. The number of benzene rings is 3. The zero-order chi connectivity index (χ0) is 14.6. The van der Waals surface area contributed by atoms with Gasteiger partial charge >= 0.3 is 0 Å². The summed E-state index contributed by atoms with van der Waals surface area (Å²) in [6.45, 7) is 0. The third kappa shape index (κ3) is 1.55. The van der Waals surface area contributed by atoms with Crippen molar-refractivity contribution in [2.75, 3.05) is 0 Å². The van der Waals surface area contributed by atoms with Gasteiger partial charge in [0.05, 0.1) is 20.8 Å². The number of aromatic hydroxyl groups is 4. The first-order valence-corrected chi connectivity index (χ1v) is 6.35. The van der Waals surface area contributed by atoms with Crippen molar-refractivity contribution in [3.63, 3.8) is 0 Å². The first-order valence-electron chi connectivity index (χ1n) is 5.59. The molecule has 20 heavy (non-hydrogen) atoms. The molecule has 0 aliphatic carbocycles. The maximum atomic E-state index is 10.3. The number of rotatable bonds is 0. The standard InChI is InChI=1S/C14H8Cl2O4/c15-5-1-2-6(16)10-9(5)13(19)11-7(17)3-4-8(18)12(11)14(10)20/h1-4,17-20H. The fourth-order valence-electron chi connectivity index (χ4n) is 2.32. The maximum Gasteiger partial charge on any atom is 0.136 e. The van der Waals surface area contributed by atoms with E-state index in [0.717, 1.165) is 0 Å². The quantitative estimate of drug-likeness (QED) is 0.372. The van der Waals surface area contributed by atoms with E-state index in [1.807, 2.05) is 0 Å². The summed E-state index contributed by atoms with van der Waals surface area (Å²) in [4.78, 5) is 0. The second-order valence-electron chi connectivity index (χ2n) is 4.33. The number of phenols is 4. The molecule has 3 aromatic carbocycles. The Morgan fingerprint density at radius 1 is 0.550 bits per heavy atom. The van der Waals surface area contributed by atoms with Crippen LogP contribution in [0.3, 0.4) is 0 Å². The van der Waals surface area contributed by atoms with Crippen LogP contribution < -0.4 is 0 Å². The molecule has 102 valence electrons. The highest BCUT2D eigenvalue weighted by Crippen LogP contribution is 2.51. The second kappa shape index (κ2) is 4.23. The number of hydrogen-bond donors (Lipinski definition) is 4. The van der Waals surface area contributed by atoms with Gasteiger partial charge in [0, 0.05) is 10.8 Å². The zero-order valence-corrected chi connectivity index (χ0v) is 11.4. The van der Waals surface area contributed by atoms with E-state index in [-0.39, 0.29) is 54.6 Å². The van der Waals surface area contributed by atoms with E-state index >= 15 is 0 Å². The zero-order valence-electron chi connectivity index (χ0n) is 9.85. The molecule has 0 aliphatic rings. The molecule has 0 aromatic heterocycles. The summed E-state index contributed by atoms with van der Waals surface area (Å²) in [5.41, 5.74) is 0. The summed E-state index contributed by atoms with van der Waals surface area (Å²) in [6.07, 6.45) is 0. The van der Waals surface area contributed by atoms with Gasteiger partial charge in [0.25, 0.3) is 0 Å². The predicted molar refractivity (Wildman–Crippen MR) is 78.1 cm³/mol.